The van der Waals surface area contributed by atoms with Gasteiger partial charge in [-0.2, -0.15) is 0 Å². The first-order valence-corrected chi connectivity index (χ1v) is 17.4. The predicted molar refractivity (Wildman–Crippen MR) is 193 cm³/mol. The van der Waals surface area contributed by atoms with E-state index >= 15 is 0 Å². The average Bonchev–Trinajstić information content (AvgIpc) is 3.32. The molecule has 4 aromatic rings. The number of esters is 1. The quantitative estimate of drug-likeness (QED) is 0.127. The van der Waals surface area contributed by atoms with Crippen LogP contribution in [0.5, 0.6) is 17.2 Å². The number of carbonyl (C=O) groups excluding carboxylic acids is 1. The molecule has 0 radical (unpaired) electrons. The highest BCUT2D eigenvalue weighted by Gasteiger charge is 2.31. The molecular weight excluding hydrogens is 865 g/mol. The maximum atomic E-state index is 14.1. The van der Waals surface area contributed by atoms with E-state index in [0.29, 0.717) is 61.0 Å². The Hall–Kier alpha value is -2.59. The summed E-state index contributed by atoms with van der Waals surface area (Å²) in [5.41, 5.74) is 2.04. The molecule has 13 heteroatoms. The van der Waals surface area contributed by atoms with Crippen LogP contribution in [-0.2, 0) is 16.1 Å². The van der Waals surface area contributed by atoms with E-state index in [2.05, 4.69) is 50.2 Å². The molecule has 0 unspecified atom stereocenters. The Labute approximate surface area is 300 Å². The maximum absolute atomic E-state index is 14.1. The zero-order valence-corrected chi connectivity index (χ0v) is 30.9. The Bertz CT molecular complexity index is 1990. The van der Waals surface area contributed by atoms with Gasteiger partial charge in [0.05, 0.1) is 40.0 Å². The van der Waals surface area contributed by atoms with Gasteiger partial charge in [-0.15, -0.1) is 0 Å². The molecule has 5 rings (SSSR count). The second kappa shape index (κ2) is 14.9. The maximum Gasteiger partial charge on any atom is 0.337 e. The van der Waals surface area contributed by atoms with E-state index < -0.39 is 12.0 Å². The SMILES string of the molecule is CCOc1ccc([C@H]2C(C(=O)OC)=CN=c3s/c(=C/c4cc(I)cc(I)c4OCc4ccc(Cl)cc4Cl)c(=O)n32)cc1OCC. The first-order chi connectivity index (χ1) is 21.6. The molecule has 0 amide bonds. The van der Waals surface area contributed by atoms with Crippen molar-refractivity contribution >= 4 is 91.8 Å². The van der Waals surface area contributed by atoms with Crippen molar-refractivity contribution in [1.82, 2.24) is 4.57 Å². The third-order valence-corrected chi connectivity index (χ3v) is 9.73. The van der Waals surface area contributed by atoms with E-state index in [1.54, 1.807) is 30.3 Å². The van der Waals surface area contributed by atoms with Gasteiger partial charge in [-0.3, -0.25) is 9.36 Å². The van der Waals surface area contributed by atoms with E-state index in [-0.39, 0.29) is 17.7 Å². The molecule has 0 N–H and O–H groups in total. The van der Waals surface area contributed by atoms with Gasteiger partial charge in [0.2, 0.25) is 0 Å². The molecule has 0 fully saturated rings. The van der Waals surface area contributed by atoms with E-state index in [0.717, 1.165) is 12.7 Å². The molecule has 45 heavy (non-hydrogen) atoms. The Morgan fingerprint density at radius 3 is 2.49 bits per heavy atom. The number of thiazole rings is 1. The van der Waals surface area contributed by atoms with Gasteiger partial charge in [0.1, 0.15) is 12.4 Å². The second-order valence-electron chi connectivity index (χ2n) is 9.58. The number of halogens is 4. The van der Waals surface area contributed by atoms with Gasteiger partial charge in [-0.25, -0.2) is 9.79 Å². The number of fused-ring (bicyclic) bond motifs is 1. The molecule has 0 bridgehead atoms. The van der Waals surface area contributed by atoms with Gasteiger partial charge in [0.15, 0.2) is 16.3 Å². The van der Waals surface area contributed by atoms with Crippen LogP contribution in [0.15, 0.2) is 70.1 Å². The fourth-order valence-corrected chi connectivity index (χ4v) is 8.23. The predicted octanol–water partition coefficient (Wildman–Crippen LogP) is 6.91. The van der Waals surface area contributed by atoms with Crippen molar-refractivity contribution < 1.29 is 23.7 Å². The van der Waals surface area contributed by atoms with Crippen LogP contribution in [-0.4, -0.2) is 30.9 Å². The highest BCUT2D eigenvalue weighted by atomic mass is 127. The fraction of sp³-hybridized carbons (Fsp3) is 0.219. The van der Waals surface area contributed by atoms with E-state index in [1.807, 2.05) is 38.1 Å². The summed E-state index contributed by atoms with van der Waals surface area (Å²) < 4.78 is 26.7. The van der Waals surface area contributed by atoms with E-state index in [4.69, 9.17) is 42.1 Å². The summed E-state index contributed by atoms with van der Waals surface area (Å²) in [5, 5.41) is 1.04. The van der Waals surface area contributed by atoms with Gasteiger partial charge >= 0.3 is 5.97 Å². The summed E-state index contributed by atoms with van der Waals surface area (Å²) in [5.74, 6) is 1.09. The zero-order chi connectivity index (χ0) is 32.2. The lowest BCUT2D eigenvalue weighted by Crippen LogP contribution is -2.39. The van der Waals surface area contributed by atoms with Gasteiger partial charge in [0.25, 0.3) is 5.56 Å². The Morgan fingerprint density at radius 2 is 1.78 bits per heavy atom. The van der Waals surface area contributed by atoms with Crippen LogP contribution in [0, 0.1) is 7.14 Å². The number of methoxy groups -OCH3 is 1. The van der Waals surface area contributed by atoms with Crippen LogP contribution >= 0.6 is 79.7 Å². The molecule has 1 atom stereocenters. The lowest BCUT2D eigenvalue weighted by atomic mass is 9.97. The van der Waals surface area contributed by atoms with Gasteiger partial charge < -0.3 is 18.9 Å². The number of ether oxygens (including phenoxy) is 4. The third-order valence-electron chi connectivity index (χ3n) is 6.72. The van der Waals surface area contributed by atoms with Crippen LogP contribution in [0.3, 0.4) is 0 Å². The molecule has 1 aromatic heterocycles. The van der Waals surface area contributed by atoms with Crippen molar-refractivity contribution in [2.45, 2.75) is 26.5 Å². The minimum Gasteiger partial charge on any atom is -0.490 e. The summed E-state index contributed by atoms with van der Waals surface area (Å²) in [6, 6.07) is 13.8. The van der Waals surface area contributed by atoms with E-state index in [9.17, 15) is 9.59 Å². The molecule has 0 spiro atoms. The van der Waals surface area contributed by atoms with Gasteiger partial charge in [-0.1, -0.05) is 46.7 Å². The third kappa shape index (κ3) is 7.37. The first-order valence-electron chi connectivity index (χ1n) is 13.7. The summed E-state index contributed by atoms with van der Waals surface area (Å²) in [7, 11) is 1.30. The molecular formula is C32H26Cl2I2N2O6S. The normalized spacial score (nSPS) is 14.3. The fourth-order valence-electron chi connectivity index (χ4n) is 4.76. The highest BCUT2D eigenvalue weighted by Crippen LogP contribution is 2.35. The Kier molecular flexibility index (Phi) is 11.2. The van der Waals surface area contributed by atoms with E-state index in [1.165, 1.54) is 29.2 Å². The summed E-state index contributed by atoms with van der Waals surface area (Å²) in [6.07, 6.45) is 3.25. The topological polar surface area (TPSA) is 88.4 Å². The lowest BCUT2D eigenvalue weighted by molar-refractivity contribution is -0.136. The first kappa shape index (κ1) is 33.8. The number of benzene rings is 3. The molecule has 1 aliphatic heterocycles. The lowest BCUT2D eigenvalue weighted by Gasteiger charge is -2.23. The molecule has 3 aromatic carbocycles. The van der Waals surface area contributed by atoms with Gasteiger partial charge in [-0.05, 0) is 107 Å². The number of nitrogens with zero attached hydrogens (tertiary/aromatic N) is 2. The van der Waals surface area contributed by atoms with Crippen molar-refractivity contribution in [3.05, 3.63) is 114 Å². The van der Waals surface area contributed by atoms with Crippen LogP contribution < -0.4 is 29.1 Å². The minimum absolute atomic E-state index is 0.205. The standard InChI is InChI=1S/C32H26Cl2I2N2O6S/c1-4-42-25-9-7-17(11-26(25)43-5-2)28-22(31(40)41-3)15-37-32-38(28)30(39)27(45-32)12-19-10-21(35)14-24(36)29(19)44-16-18-6-8-20(33)13-23(18)34/h6-15,28H,4-5,16H2,1-3H3/b27-12+/t28-/m0/s1. The number of carbonyl (C=O) groups is 1. The van der Waals surface area contributed by atoms with Gasteiger partial charge in [0, 0.05) is 30.9 Å². The van der Waals surface area contributed by atoms with Crippen molar-refractivity contribution in [3.63, 3.8) is 0 Å². The monoisotopic (exact) mass is 890 g/mol. The zero-order valence-electron chi connectivity index (χ0n) is 24.2. The van der Waals surface area contributed by atoms with Crippen molar-refractivity contribution in [1.29, 1.82) is 0 Å². The molecule has 0 saturated heterocycles. The molecule has 0 aliphatic carbocycles. The average molecular weight is 891 g/mol. The van der Waals surface area contributed by atoms with Crippen LogP contribution in [0.4, 0.5) is 0 Å². The highest BCUT2D eigenvalue weighted by molar-refractivity contribution is 14.1. The summed E-state index contributed by atoms with van der Waals surface area (Å²) in [4.78, 5) is 32.0. The number of hydrogen-bond donors (Lipinski definition) is 0. The molecule has 8 nitrogen and oxygen atoms in total. The number of aromatic nitrogens is 1. The molecule has 2 heterocycles. The number of hydrogen-bond acceptors (Lipinski definition) is 8. The number of rotatable bonds is 10. The summed E-state index contributed by atoms with van der Waals surface area (Å²) in [6.45, 7) is 4.83. The van der Waals surface area contributed by atoms with Crippen molar-refractivity contribution in [2.75, 3.05) is 20.3 Å². The largest absolute Gasteiger partial charge is 0.490 e. The molecule has 234 valence electrons. The van der Waals surface area contributed by atoms with Crippen LogP contribution in [0.2, 0.25) is 10.0 Å². The molecule has 0 saturated carbocycles. The minimum atomic E-state index is -0.801. The van der Waals surface area contributed by atoms with Crippen molar-refractivity contribution in [2.24, 2.45) is 4.99 Å². The van der Waals surface area contributed by atoms with Crippen LogP contribution in [0.25, 0.3) is 6.08 Å². The smallest absolute Gasteiger partial charge is 0.337 e. The van der Waals surface area contributed by atoms with Crippen LogP contribution in [0.1, 0.15) is 36.6 Å². The summed E-state index contributed by atoms with van der Waals surface area (Å²) >= 11 is 18.1. The van der Waals surface area contributed by atoms with Crippen molar-refractivity contribution in [3.8, 4) is 17.2 Å². The Balaban J connectivity index is 1.62. The molecule has 1 aliphatic rings. The Morgan fingerprint density at radius 1 is 1.02 bits per heavy atom. The second-order valence-corrected chi connectivity index (χ2v) is 13.8.